The van der Waals surface area contributed by atoms with Gasteiger partial charge in [0.1, 0.15) is 0 Å². The van der Waals surface area contributed by atoms with E-state index in [9.17, 15) is 0 Å². The van der Waals surface area contributed by atoms with Gasteiger partial charge < -0.3 is 5.32 Å². The first-order valence-corrected chi connectivity index (χ1v) is 7.62. The lowest BCUT2D eigenvalue weighted by Crippen LogP contribution is -2.43. The minimum atomic E-state index is 0.519. The molecule has 100 valence electrons. The van der Waals surface area contributed by atoms with Crippen LogP contribution in [0.1, 0.15) is 72.6 Å². The second-order valence-electron chi connectivity index (χ2n) is 7.96. The van der Waals surface area contributed by atoms with Crippen molar-refractivity contribution in [3.05, 3.63) is 0 Å². The van der Waals surface area contributed by atoms with E-state index in [1.54, 1.807) is 0 Å². The van der Waals surface area contributed by atoms with Crippen LogP contribution in [0.2, 0.25) is 0 Å². The van der Waals surface area contributed by atoms with Gasteiger partial charge in [0.05, 0.1) is 0 Å². The Hall–Kier alpha value is -0.0400. The SMILES string of the molecule is CC1(CNC2CCC(C(C)(C)C)CC2)CCC1. The van der Waals surface area contributed by atoms with E-state index in [0.717, 1.165) is 12.0 Å². The molecule has 2 rings (SSSR count). The first-order chi connectivity index (χ1) is 7.89. The molecular formula is C16H31N. The van der Waals surface area contributed by atoms with Crippen molar-refractivity contribution in [3.8, 4) is 0 Å². The maximum Gasteiger partial charge on any atom is 0.00675 e. The predicted molar refractivity (Wildman–Crippen MR) is 75.2 cm³/mol. The van der Waals surface area contributed by atoms with Crippen molar-refractivity contribution in [1.29, 1.82) is 0 Å². The predicted octanol–water partition coefficient (Wildman–Crippen LogP) is 4.37. The Morgan fingerprint density at radius 1 is 1.06 bits per heavy atom. The number of rotatable bonds is 3. The topological polar surface area (TPSA) is 12.0 Å². The average molecular weight is 237 g/mol. The summed E-state index contributed by atoms with van der Waals surface area (Å²) < 4.78 is 0. The molecule has 0 aromatic rings. The summed E-state index contributed by atoms with van der Waals surface area (Å²) in [4.78, 5) is 0. The minimum Gasteiger partial charge on any atom is -0.313 e. The number of nitrogens with one attached hydrogen (secondary N) is 1. The molecule has 17 heavy (non-hydrogen) atoms. The van der Waals surface area contributed by atoms with Crippen LogP contribution < -0.4 is 5.32 Å². The Labute approximate surface area is 108 Å². The fourth-order valence-corrected chi connectivity index (χ4v) is 3.51. The quantitative estimate of drug-likeness (QED) is 0.768. The van der Waals surface area contributed by atoms with E-state index in [1.807, 2.05) is 0 Å². The molecule has 0 unspecified atom stereocenters. The van der Waals surface area contributed by atoms with Crippen LogP contribution in [0.5, 0.6) is 0 Å². The standard InChI is InChI=1S/C16H31N/c1-15(2,3)13-6-8-14(9-7-13)17-12-16(4)10-5-11-16/h13-14,17H,5-12H2,1-4H3. The normalized spacial score (nSPS) is 33.2. The first-order valence-electron chi connectivity index (χ1n) is 7.62. The van der Waals surface area contributed by atoms with E-state index in [0.29, 0.717) is 10.8 Å². The highest BCUT2D eigenvalue weighted by molar-refractivity contribution is 4.88. The van der Waals surface area contributed by atoms with Gasteiger partial charge in [-0.1, -0.05) is 34.1 Å². The Kier molecular flexibility index (Phi) is 3.87. The van der Waals surface area contributed by atoms with Gasteiger partial charge in [0.2, 0.25) is 0 Å². The molecule has 0 heterocycles. The molecule has 0 aliphatic heterocycles. The van der Waals surface area contributed by atoms with E-state index >= 15 is 0 Å². The summed E-state index contributed by atoms with van der Waals surface area (Å²) in [6, 6.07) is 0.811. The second kappa shape index (κ2) is 4.91. The molecule has 1 N–H and O–H groups in total. The highest BCUT2D eigenvalue weighted by Gasteiger charge is 2.33. The molecule has 2 fully saturated rings. The average Bonchev–Trinajstić information content (AvgIpc) is 2.23. The Balaban J connectivity index is 1.69. The third-order valence-corrected chi connectivity index (χ3v) is 5.33. The highest BCUT2D eigenvalue weighted by atomic mass is 14.9. The molecule has 0 bridgehead atoms. The summed E-state index contributed by atoms with van der Waals surface area (Å²) in [6.07, 6.45) is 10.00. The van der Waals surface area contributed by atoms with E-state index in [4.69, 9.17) is 0 Å². The summed E-state index contributed by atoms with van der Waals surface area (Å²) in [5.41, 5.74) is 1.16. The zero-order valence-electron chi connectivity index (χ0n) is 12.3. The monoisotopic (exact) mass is 237 g/mol. The smallest absolute Gasteiger partial charge is 0.00675 e. The Morgan fingerprint density at radius 3 is 2.06 bits per heavy atom. The first kappa shape index (κ1) is 13.4. The van der Waals surface area contributed by atoms with Crippen LogP contribution in [0.3, 0.4) is 0 Å². The number of hydrogen-bond acceptors (Lipinski definition) is 1. The largest absolute Gasteiger partial charge is 0.313 e. The lowest BCUT2D eigenvalue weighted by molar-refractivity contribution is 0.126. The van der Waals surface area contributed by atoms with E-state index in [2.05, 4.69) is 33.0 Å². The van der Waals surface area contributed by atoms with E-state index in [1.165, 1.54) is 51.5 Å². The highest BCUT2D eigenvalue weighted by Crippen LogP contribution is 2.41. The fourth-order valence-electron chi connectivity index (χ4n) is 3.51. The third kappa shape index (κ3) is 3.47. The van der Waals surface area contributed by atoms with Gasteiger partial charge in [-0.15, -0.1) is 0 Å². The Bertz CT molecular complexity index is 239. The van der Waals surface area contributed by atoms with Gasteiger partial charge in [-0.05, 0) is 55.3 Å². The molecule has 0 amide bonds. The fraction of sp³-hybridized carbons (Fsp3) is 1.00. The maximum atomic E-state index is 3.84. The van der Waals surface area contributed by atoms with Gasteiger partial charge in [-0.25, -0.2) is 0 Å². The molecule has 2 aliphatic carbocycles. The molecule has 2 saturated carbocycles. The van der Waals surface area contributed by atoms with Crippen molar-refractivity contribution in [1.82, 2.24) is 5.32 Å². The lowest BCUT2D eigenvalue weighted by Gasteiger charge is -2.42. The van der Waals surface area contributed by atoms with Gasteiger partial charge >= 0.3 is 0 Å². The van der Waals surface area contributed by atoms with E-state index < -0.39 is 0 Å². The summed E-state index contributed by atoms with van der Waals surface area (Å²) >= 11 is 0. The van der Waals surface area contributed by atoms with Crippen molar-refractivity contribution < 1.29 is 0 Å². The summed E-state index contributed by atoms with van der Waals surface area (Å²) in [7, 11) is 0. The van der Waals surface area contributed by atoms with Crippen LogP contribution in [0.25, 0.3) is 0 Å². The molecule has 0 aromatic heterocycles. The van der Waals surface area contributed by atoms with Gasteiger partial charge in [0.15, 0.2) is 0 Å². The van der Waals surface area contributed by atoms with Crippen molar-refractivity contribution in [2.24, 2.45) is 16.7 Å². The van der Waals surface area contributed by atoms with Gasteiger partial charge in [-0.3, -0.25) is 0 Å². The van der Waals surface area contributed by atoms with Crippen molar-refractivity contribution in [2.45, 2.75) is 78.7 Å². The molecule has 0 spiro atoms. The summed E-state index contributed by atoms with van der Waals surface area (Å²) in [5.74, 6) is 0.944. The van der Waals surface area contributed by atoms with Gasteiger partial charge in [0, 0.05) is 12.6 Å². The number of hydrogen-bond donors (Lipinski definition) is 1. The third-order valence-electron chi connectivity index (χ3n) is 5.33. The molecule has 0 radical (unpaired) electrons. The molecule has 0 atom stereocenters. The van der Waals surface area contributed by atoms with Gasteiger partial charge in [-0.2, -0.15) is 0 Å². The summed E-state index contributed by atoms with van der Waals surface area (Å²) in [5, 5.41) is 3.84. The molecule has 2 aliphatic rings. The van der Waals surface area contributed by atoms with Gasteiger partial charge in [0.25, 0.3) is 0 Å². The van der Waals surface area contributed by atoms with Crippen LogP contribution in [0.15, 0.2) is 0 Å². The zero-order chi connectivity index (χ0) is 12.5. The molecule has 0 aromatic carbocycles. The second-order valence-corrected chi connectivity index (χ2v) is 7.96. The molecule has 0 saturated heterocycles. The van der Waals surface area contributed by atoms with Crippen LogP contribution in [-0.4, -0.2) is 12.6 Å². The zero-order valence-corrected chi connectivity index (χ0v) is 12.3. The molecule has 1 heteroatoms. The Morgan fingerprint density at radius 2 is 1.65 bits per heavy atom. The minimum absolute atomic E-state index is 0.519. The maximum absolute atomic E-state index is 3.84. The van der Waals surface area contributed by atoms with Crippen molar-refractivity contribution in [2.75, 3.05) is 6.54 Å². The van der Waals surface area contributed by atoms with Crippen molar-refractivity contribution >= 4 is 0 Å². The lowest BCUT2D eigenvalue weighted by atomic mass is 9.69. The summed E-state index contributed by atoms with van der Waals surface area (Å²) in [6.45, 7) is 10.9. The van der Waals surface area contributed by atoms with Crippen LogP contribution in [0, 0.1) is 16.7 Å². The van der Waals surface area contributed by atoms with E-state index in [-0.39, 0.29) is 0 Å². The van der Waals surface area contributed by atoms with Crippen LogP contribution in [0.4, 0.5) is 0 Å². The van der Waals surface area contributed by atoms with Crippen LogP contribution >= 0.6 is 0 Å². The molecule has 1 nitrogen and oxygen atoms in total. The van der Waals surface area contributed by atoms with Crippen LogP contribution in [-0.2, 0) is 0 Å². The van der Waals surface area contributed by atoms with Crippen molar-refractivity contribution in [3.63, 3.8) is 0 Å². The molecular weight excluding hydrogens is 206 g/mol.